The molecule has 0 aliphatic heterocycles. The van der Waals surface area contributed by atoms with E-state index in [0.717, 1.165) is 16.9 Å². The van der Waals surface area contributed by atoms with Crippen LogP contribution in [-0.4, -0.2) is 19.5 Å². The molecule has 1 atom stereocenters. The summed E-state index contributed by atoms with van der Waals surface area (Å²) in [6, 6.07) is 8.36. The van der Waals surface area contributed by atoms with E-state index < -0.39 is 22.0 Å². The lowest BCUT2D eigenvalue weighted by Gasteiger charge is -2.14. The van der Waals surface area contributed by atoms with Gasteiger partial charge in [0, 0.05) is 0 Å². The van der Waals surface area contributed by atoms with Crippen molar-refractivity contribution in [3.63, 3.8) is 0 Å². The molecular formula is C13H12BrNO4S2. The Morgan fingerprint density at radius 2 is 1.95 bits per heavy atom. The molecule has 2 N–H and O–H groups in total. The van der Waals surface area contributed by atoms with E-state index in [2.05, 4.69) is 20.7 Å². The van der Waals surface area contributed by atoms with Crippen molar-refractivity contribution in [2.45, 2.75) is 17.2 Å². The topological polar surface area (TPSA) is 83.5 Å². The lowest BCUT2D eigenvalue weighted by atomic mass is 10.1. The standard InChI is InChI=1S/C13H12BrNO4S2/c1-8-7-10(20-12(8)14)21(18,19)15-11(13(16)17)9-5-3-2-4-6-9/h2-7,11,15H,1H3,(H,16,17)/t11-/m0/s1. The van der Waals surface area contributed by atoms with Crippen LogP contribution in [0.2, 0.25) is 0 Å². The fraction of sp³-hybridized carbons (Fsp3) is 0.154. The smallest absolute Gasteiger partial charge is 0.326 e. The fourth-order valence-electron chi connectivity index (χ4n) is 1.68. The molecule has 1 heterocycles. The van der Waals surface area contributed by atoms with Crippen molar-refractivity contribution in [3.8, 4) is 0 Å². The van der Waals surface area contributed by atoms with Crippen molar-refractivity contribution in [1.29, 1.82) is 0 Å². The van der Waals surface area contributed by atoms with E-state index in [0.29, 0.717) is 9.35 Å². The third-order valence-corrected chi connectivity index (χ3v) is 6.79. The molecule has 0 saturated heterocycles. The number of carbonyl (C=O) groups is 1. The van der Waals surface area contributed by atoms with E-state index in [4.69, 9.17) is 0 Å². The highest BCUT2D eigenvalue weighted by Gasteiger charge is 2.28. The van der Waals surface area contributed by atoms with Gasteiger partial charge in [0.25, 0.3) is 10.0 Å². The second kappa shape index (κ2) is 6.27. The van der Waals surface area contributed by atoms with Gasteiger partial charge in [0.15, 0.2) is 0 Å². The molecule has 0 aliphatic rings. The van der Waals surface area contributed by atoms with Crippen LogP contribution < -0.4 is 4.72 Å². The van der Waals surface area contributed by atoms with Crippen molar-refractivity contribution in [2.75, 3.05) is 0 Å². The molecule has 0 bridgehead atoms. The number of thiophene rings is 1. The molecule has 8 heteroatoms. The minimum atomic E-state index is -3.90. The summed E-state index contributed by atoms with van der Waals surface area (Å²) < 4.78 is 27.6. The predicted molar refractivity (Wildman–Crippen MR) is 83.9 cm³/mol. The van der Waals surface area contributed by atoms with Crippen molar-refractivity contribution in [1.82, 2.24) is 4.72 Å². The monoisotopic (exact) mass is 389 g/mol. The first-order valence-corrected chi connectivity index (χ1v) is 8.96. The molecule has 0 aliphatic carbocycles. The van der Waals surface area contributed by atoms with Crippen LogP contribution in [0, 0.1) is 6.92 Å². The van der Waals surface area contributed by atoms with Crippen LogP contribution in [0.25, 0.3) is 0 Å². The summed E-state index contributed by atoms with van der Waals surface area (Å²) in [4.78, 5) is 11.3. The molecule has 0 radical (unpaired) electrons. The van der Waals surface area contributed by atoms with Gasteiger partial charge in [-0.1, -0.05) is 30.3 Å². The molecular weight excluding hydrogens is 378 g/mol. The highest BCUT2D eigenvalue weighted by atomic mass is 79.9. The molecule has 2 aromatic rings. The zero-order chi connectivity index (χ0) is 15.6. The van der Waals surface area contributed by atoms with E-state index in [-0.39, 0.29) is 4.21 Å². The number of rotatable bonds is 5. The Morgan fingerprint density at radius 3 is 2.43 bits per heavy atom. The van der Waals surface area contributed by atoms with Gasteiger partial charge in [-0.15, -0.1) is 11.3 Å². The Hall–Kier alpha value is -1.22. The molecule has 21 heavy (non-hydrogen) atoms. The van der Waals surface area contributed by atoms with Crippen LogP contribution in [0.1, 0.15) is 17.2 Å². The van der Waals surface area contributed by atoms with Gasteiger partial charge < -0.3 is 5.11 Å². The minimum Gasteiger partial charge on any atom is -0.480 e. The average molecular weight is 390 g/mol. The van der Waals surface area contributed by atoms with Crippen LogP contribution in [-0.2, 0) is 14.8 Å². The zero-order valence-electron chi connectivity index (χ0n) is 10.9. The molecule has 2 rings (SSSR count). The van der Waals surface area contributed by atoms with E-state index in [1.165, 1.54) is 6.07 Å². The summed E-state index contributed by atoms with van der Waals surface area (Å²) >= 11 is 4.30. The Bertz CT molecular complexity index is 736. The van der Waals surface area contributed by atoms with Crippen molar-refractivity contribution < 1.29 is 18.3 Å². The number of hydrogen-bond donors (Lipinski definition) is 2. The first-order chi connectivity index (χ1) is 9.81. The fourth-order valence-corrected chi connectivity index (χ4v) is 5.10. The largest absolute Gasteiger partial charge is 0.480 e. The Labute approximate surface area is 134 Å². The molecule has 0 fully saturated rings. The zero-order valence-corrected chi connectivity index (χ0v) is 14.1. The van der Waals surface area contributed by atoms with Crippen molar-refractivity contribution in [2.24, 2.45) is 0 Å². The van der Waals surface area contributed by atoms with Gasteiger partial charge in [0.2, 0.25) is 0 Å². The summed E-state index contributed by atoms with van der Waals surface area (Å²) in [5, 5.41) is 9.26. The molecule has 0 spiro atoms. The summed E-state index contributed by atoms with van der Waals surface area (Å²) in [6.45, 7) is 1.77. The van der Waals surface area contributed by atoms with Gasteiger partial charge in [-0.3, -0.25) is 4.79 Å². The Morgan fingerprint density at radius 1 is 1.33 bits per heavy atom. The van der Waals surface area contributed by atoms with Crippen LogP contribution in [0.5, 0.6) is 0 Å². The molecule has 1 aromatic carbocycles. The van der Waals surface area contributed by atoms with Crippen molar-refractivity contribution >= 4 is 43.3 Å². The lowest BCUT2D eigenvalue weighted by molar-refractivity contribution is -0.139. The summed E-state index contributed by atoms with van der Waals surface area (Å²) in [6.07, 6.45) is 0. The number of carboxylic acids is 1. The first-order valence-electron chi connectivity index (χ1n) is 5.87. The third-order valence-electron chi connectivity index (χ3n) is 2.75. The molecule has 112 valence electrons. The number of nitrogens with one attached hydrogen (secondary N) is 1. The first kappa shape index (κ1) is 16.2. The number of hydrogen-bond acceptors (Lipinski definition) is 4. The highest BCUT2D eigenvalue weighted by molar-refractivity contribution is 9.11. The van der Waals surface area contributed by atoms with Gasteiger partial charge in [0.05, 0.1) is 3.79 Å². The van der Waals surface area contributed by atoms with Crippen LogP contribution in [0.4, 0.5) is 0 Å². The summed E-state index contributed by atoms with van der Waals surface area (Å²) in [7, 11) is -3.90. The van der Waals surface area contributed by atoms with E-state index in [9.17, 15) is 18.3 Å². The quantitative estimate of drug-likeness (QED) is 0.823. The molecule has 0 unspecified atom stereocenters. The van der Waals surface area contributed by atoms with Gasteiger partial charge >= 0.3 is 5.97 Å². The Kier molecular flexibility index (Phi) is 4.82. The number of aryl methyl sites for hydroxylation is 1. The molecule has 0 amide bonds. The van der Waals surface area contributed by atoms with Gasteiger partial charge in [-0.2, -0.15) is 4.72 Å². The second-order valence-corrected chi connectivity index (χ2v) is 8.64. The third kappa shape index (κ3) is 3.70. The van der Waals surface area contributed by atoms with Gasteiger partial charge in [0.1, 0.15) is 10.3 Å². The van der Waals surface area contributed by atoms with Crippen molar-refractivity contribution in [3.05, 3.63) is 51.3 Å². The maximum absolute atomic E-state index is 12.3. The van der Waals surface area contributed by atoms with Crippen LogP contribution in [0.15, 0.2) is 44.4 Å². The summed E-state index contributed by atoms with van der Waals surface area (Å²) in [5.41, 5.74) is 1.16. The minimum absolute atomic E-state index is 0.0778. The number of benzene rings is 1. The maximum atomic E-state index is 12.3. The number of aliphatic carboxylic acids is 1. The van der Waals surface area contributed by atoms with Gasteiger partial charge in [-0.05, 0) is 40.0 Å². The van der Waals surface area contributed by atoms with Crippen LogP contribution >= 0.6 is 27.3 Å². The molecule has 5 nitrogen and oxygen atoms in total. The van der Waals surface area contributed by atoms with Crippen LogP contribution in [0.3, 0.4) is 0 Å². The Balaban J connectivity index is 2.35. The van der Waals surface area contributed by atoms with E-state index in [1.54, 1.807) is 37.3 Å². The molecule has 1 aromatic heterocycles. The average Bonchev–Trinajstić information content (AvgIpc) is 2.78. The van der Waals surface area contributed by atoms with E-state index >= 15 is 0 Å². The number of carboxylic acid groups (broad SMARTS) is 1. The van der Waals surface area contributed by atoms with Gasteiger partial charge in [-0.25, -0.2) is 8.42 Å². The number of sulfonamides is 1. The SMILES string of the molecule is Cc1cc(S(=O)(=O)N[C@H](C(=O)O)c2ccccc2)sc1Br. The normalized spacial score (nSPS) is 13.0. The highest BCUT2D eigenvalue weighted by Crippen LogP contribution is 2.31. The summed E-state index contributed by atoms with van der Waals surface area (Å²) in [5.74, 6) is -1.25. The van der Waals surface area contributed by atoms with E-state index in [1.807, 2.05) is 0 Å². The predicted octanol–water partition coefficient (Wildman–Crippen LogP) is 2.92. The lowest BCUT2D eigenvalue weighted by Crippen LogP contribution is -2.33. The second-order valence-electron chi connectivity index (χ2n) is 4.33. The maximum Gasteiger partial charge on any atom is 0.326 e. The molecule has 0 saturated carbocycles. The number of halogens is 1.